The number of carbonyl (C=O) groups excluding carboxylic acids is 2. The molecular formula is C18H21N3O3. The van der Waals surface area contributed by atoms with Gasteiger partial charge in [0.1, 0.15) is 0 Å². The lowest BCUT2D eigenvalue weighted by molar-refractivity contribution is -0.127. The van der Waals surface area contributed by atoms with Gasteiger partial charge >= 0.3 is 0 Å². The van der Waals surface area contributed by atoms with Crippen molar-refractivity contribution < 1.29 is 14.0 Å². The van der Waals surface area contributed by atoms with E-state index < -0.39 is 0 Å². The molecule has 2 amide bonds. The fourth-order valence-electron chi connectivity index (χ4n) is 2.94. The second kappa shape index (κ2) is 7.29. The van der Waals surface area contributed by atoms with Crippen molar-refractivity contribution in [2.24, 2.45) is 5.92 Å². The molecule has 0 radical (unpaired) electrons. The van der Waals surface area contributed by atoms with Crippen molar-refractivity contribution in [3.8, 4) is 0 Å². The van der Waals surface area contributed by atoms with Crippen LogP contribution >= 0.6 is 0 Å². The van der Waals surface area contributed by atoms with E-state index in [0.29, 0.717) is 31.7 Å². The molecule has 0 bridgehead atoms. The largest absolute Gasteiger partial charge is 0.459 e. The number of carbonyl (C=O) groups is 2. The number of likely N-dealkylation sites (tertiary alicyclic amines) is 1. The summed E-state index contributed by atoms with van der Waals surface area (Å²) in [5.74, 6) is 0.192. The van der Waals surface area contributed by atoms with Gasteiger partial charge in [-0.2, -0.15) is 0 Å². The van der Waals surface area contributed by atoms with Gasteiger partial charge in [-0.15, -0.1) is 0 Å². The molecule has 1 atom stereocenters. The molecule has 6 heteroatoms. The van der Waals surface area contributed by atoms with Gasteiger partial charge in [0.05, 0.1) is 18.0 Å². The number of nitrogens with zero attached hydrogens (tertiary/aromatic N) is 2. The molecule has 0 unspecified atom stereocenters. The van der Waals surface area contributed by atoms with Gasteiger partial charge in [0.15, 0.2) is 5.76 Å². The van der Waals surface area contributed by atoms with Gasteiger partial charge in [-0.3, -0.25) is 14.6 Å². The molecule has 0 aromatic carbocycles. The number of piperidine rings is 1. The molecule has 126 valence electrons. The van der Waals surface area contributed by atoms with Crippen LogP contribution in [0.1, 0.15) is 42.1 Å². The predicted octanol–water partition coefficient (Wildman–Crippen LogP) is 2.40. The molecule has 2 aromatic rings. The van der Waals surface area contributed by atoms with E-state index in [-0.39, 0.29) is 23.8 Å². The summed E-state index contributed by atoms with van der Waals surface area (Å²) in [4.78, 5) is 30.7. The monoisotopic (exact) mass is 327 g/mol. The molecule has 2 aromatic heterocycles. The second-order valence-electron chi connectivity index (χ2n) is 6.03. The Kier molecular flexibility index (Phi) is 4.93. The number of hydrogen-bond donors (Lipinski definition) is 1. The molecule has 0 saturated carbocycles. The number of aromatic nitrogens is 1. The summed E-state index contributed by atoms with van der Waals surface area (Å²) in [6.45, 7) is 3.06. The first-order valence-corrected chi connectivity index (χ1v) is 8.19. The van der Waals surface area contributed by atoms with Gasteiger partial charge in [-0.05, 0) is 44.0 Å². The summed E-state index contributed by atoms with van der Waals surface area (Å²) in [6.07, 6.45) is 4.53. The van der Waals surface area contributed by atoms with E-state index in [0.717, 1.165) is 5.69 Å². The summed E-state index contributed by atoms with van der Waals surface area (Å²) in [5, 5.41) is 3.01. The van der Waals surface area contributed by atoms with Gasteiger partial charge in [0, 0.05) is 25.2 Å². The zero-order chi connectivity index (χ0) is 16.9. The van der Waals surface area contributed by atoms with Crippen molar-refractivity contribution in [2.75, 3.05) is 13.1 Å². The number of rotatable bonds is 4. The Morgan fingerprint density at radius 1 is 1.25 bits per heavy atom. The highest BCUT2D eigenvalue weighted by atomic mass is 16.3. The molecule has 1 N–H and O–H groups in total. The number of nitrogens with one attached hydrogen (secondary N) is 1. The van der Waals surface area contributed by atoms with Gasteiger partial charge in [-0.25, -0.2) is 0 Å². The summed E-state index contributed by atoms with van der Waals surface area (Å²) in [6, 6.07) is 8.90. The normalized spacial score (nSPS) is 16.6. The molecular weight excluding hydrogens is 306 g/mol. The van der Waals surface area contributed by atoms with Gasteiger partial charge < -0.3 is 14.6 Å². The van der Waals surface area contributed by atoms with E-state index in [1.165, 1.54) is 6.26 Å². The van der Waals surface area contributed by atoms with E-state index in [4.69, 9.17) is 4.42 Å². The lowest BCUT2D eigenvalue weighted by Gasteiger charge is -2.31. The molecule has 1 aliphatic rings. The topological polar surface area (TPSA) is 75.4 Å². The van der Waals surface area contributed by atoms with Crippen LogP contribution in [0, 0.1) is 5.92 Å². The average molecular weight is 327 g/mol. The molecule has 1 saturated heterocycles. The first-order valence-electron chi connectivity index (χ1n) is 8.19. The van der Waals surface area contributed by atoms with Crippen LogP contribution < -0.4 is 5.32 Å². The number of pyridine rings is 1. The lowest BCUT2D eigenvalue weighted by Crippen LogP contribution is -2.43. The van der Waals surface area contributed by atoms with Crippen molar-refractivity contribution in [2.45, 2.75) is 25.8 Å². The highest BCUT2D eigenvalue weighted by Crippen LogP contribution is 2.20. The van der Waals surface area contributed by atoms with Crippen molar-refractivity contribution in [1.82, 2.24) is 15.2 Å². The smallest absolute Gasteiger partial charge is 0.289 e. The Bertz CT molecular complexity index is 677. The van der Waals surface area contributed by atoms with E-state index in [1.807, 2.05) is 25.1 Å². The fraction of sp³-hybridized carbons (Fsp3) is 0.389. The number of furan rings is 1. The standard InChI is InChI=1S/C18H21N3O3/c1-13(15-5-2-3-9-19-15)20-17(22)14-7-10-21(11-8-14)18(23)16-6-4-12-24-16/h2-6,9,12-14H,7-8,10-11H2,1H3,(H,20,22)/t13-/m0/s1. The Hall–Kier alpha value is -2.63. The van der Waals surface area contributed by atoms with E-state index in [2.05, 4.69) is 10.3 Å². The minimum atomic E-state index is -0.124. The molecule has 3 rings (SSSR count). The Morgan fingerprint density at radius 3 is 2.67 bits per heavy atom. The molecule has 0 aliphatic carbocycles. The van der Waals surface area contributed by atoms with Crippen LogP contribution in [-0.2, 0) is 4.79 Å². The van der Waals surface area contributed by atoms with Crippen LogP contribution in [0.2, 0.25) is 0 Å². The maximum absolute atomic E-state index is 12.4. The molecule has 3 heterocycles. The zero-order valence-electron chi connectivity index (χ0n) is 13.6. The Morgan fingerprint density at radius 2 is 2.04 bits per heavy atom. The van der Waals surface area contributed by atoms with Crippen LogP contribution in [-0.4, -0.2) is 34.8 Å². The van der Waals surface area contributed by atoms with Crippen molar-refractivity contribution in [1.29, 1.82) is 0 Å². The quantitative estimate of drug-likeness (QED) is 0.935. The fourth-order valence-corrected chi connectivity index (χ4v) is 2.94. The van der Waals surface area contributed by atoms with Crippen LogP contribution in [0.3, 0.4) is 0 Å². The van der Waals surface area contributed by atoms with E-state index >= 15 is 0 Å². The number of amides is 2. The van der Waals surface area contributed by atoms with Crippen molar-refractivity contribution in [3.05, 3.63) is 54.2 Å². The van der Waals surface area contributed by atoms with Gasteiger partial charge in [0.2, 0.25) is 5.91 Å². The minimum Gasteiger partial charge on any atom is -0.459 e. The molecule has 6 nitrogen and oxygen atoms in total. The highest BCUT2D eigenvalue weighted by Gasteiger charge is 2.29. The maximum atomic E-state index is 12.4. The molecule has 24 heavy (non-hydrogen) atoms. The van der Waals surface area contributed by atoms with Gasteiger partial charge in [0.25, 0.3) is 5.91 Å². The van der Waals surface area contributed by atoms with Crippen molar-refractivity contribution >= 4 is 11.8 Å². The van der Waals surface area contributed by atoms with Crippen LogP contribution in [0.4, 0.5) is 0 Å². The SMILES string of the molecule is C[C@H](NC(=O)C1CCN(C(=O)c2ccco2)CC1)c1ccccn1. The first kappa shape index (κ1) is 16.2. The number of hydrogen-bond acceptors (Lipinski definition) is 4. The average Bonchev–Trinajstić information content (AvgIpc) is 3.16. The van der Waals surface area contributed by atoms with E-state index in [9.17, 15) is 9.59 Å². The third-order valence-electron chi connectivity index (χ3n) is 4.38. The summed E-state index contributed by atoms with van der Waals surface area (Å²) in [7, 11) is 0. The lowest BCUT2D eigenvalue weighted by atomic mass is 9.95. The maximum Gasteiger partial charge on any atom is 0.289 e. The second-order valence-corrected chi connectivity index (χ2v) is 6.03. The van der Waals surface area contributed by atoms with Crippen LogP contribution in [0.5, 0.6) is 0 Å². The Labute approximate surface area is 140 Å². The summed E-state index contributed by atoms with van der Waals surface area (Å²) >= 11 is 0. The summed E-state index contributed by atoms with van der Waals surface area (Å²) in [5.41, 5.74) is 0.844. The molecule has 1 fully saturated rings. The van der Waals surface area contributed by atoms with Crippen LogP contribution in [0.15, 0.2) is 47.2 Å². The Balaban J connectivity index is 1.51. The van der Waals surface area contributed by atoms with Gasteiger partial charge in [-0.1, -0.05) is 6.07 Å². The summed E-state index contributed by atoms with van der Waals surface area (Å²) < 4.78 is 5.15. The molecule has 1 aliphatic heterocycles. The van der Waals surface area contributed by atoms with Crippen LogP contribution in [0.25, 0.3) is 0 Å². The van der Waals surface area contributed by atoms with Crippen molar-refractivity contribution in [3.63, 3.8) is 0 Å². The minimum absolute atomic E-state index is 0.0262. The van der Waals surface area contributed by atoms with E-state index in [1.54, 1.807) is 23.2 Å². The first-order chi connectivity index (χ1) is 11.6. The third-order valence-corrected chi connectivity index (χ3v) is 4.38. The highest BCUT2D eigenvalue weighted by molar-refractivity contribution is 5.91. The molecule has 0 spiro atoms. The predicted molar refractivity (Wildman–Crippen MR) is 88.1 cm³/mol. The zero-order valence-corrected chi connectivity index (χ0v) is 13.6. The third kappa shape index (κ3) is 3.64.